The maximum absolute atomic E-state index is 13.1. The molecule has 1 fully saturated rings. The van der Waals surface area contributed by atoms with E-state index in [0.717, 1.165) is 25.5 Å². The number of nitrogens with one attached hydrogen (secondary N) is 1. The molecule has 0 unspecified atom stereocenters. The zero-order valence-electron chi connectivity index (χ0n) is 9.99. The van der Waals surface area contributed by atoms with E-state index >= 15 is 0 Å². The van der Waals surface area contributed by atoms with Crippen LogP contribution in [0.4, 0.5) is 4.39 Å². The molecule has 0 aromatic heterocycles. The molecule has 1 aliphatic heterocycles. The molecule has 1 aromatic rings. The van der Waals surface area contributed by atoms with E-state index < -0.39 is 17.5 Å². The largest absolute Gasteiger partial charge is 0.504 e. The number of phenols is 1. The molecule has 0 aliphatic carbocycles. The normalized spacial score (nSPS) is 19.5. The van der Waals surface area contributed by atoms with Gasteiger partial charge in [-0.1, -0.05) is 6.07 Å². The summed E-state index contributed by atoms with van der Waals surface area (Å²) in [5.74, 6) is -1.56. The number of phenolic OH excluding ortho intramolecular Hbond substituents is 1. The number of halogens is 1. The summed E-state index contributed by atoms with van der Waals surface area (Å²) < 4.78 is 18.4. The van der Waals surface area contributed by atoms with E-state index in [9.17, 15) is 14.3 Å². The SMILES string of the molecule is O=C(NC[C@@H]1CCCOC1)c1cccc(F)c1O. The van der Waals surface area contributed by atoms with Gasteiger partial charge in [-0.05, 0) is 30.9 Å². The molecular weight excluding hydrogens is 237 g/mol. The zero-order chi connectivity index (χ0) is 13.0. The second-order valence-corrected chi connectivity index (χ2v) is 4.43. The average Bonchev–Trinajstić information content (AvgIpc) is 2.40. The molecule has 1 heterocycles. The lowest BCUT2D eigenvalue weighted by molar-refractivity contribution is 0.0536. The average molecular weight is 253 g/mol. The van der Waals surface area contributed by atoms with Crippen molar-refractivity contribution in [3.8, 4) is 5.75 Å². The van der Waals surface area contributed by atoms with Gasteiger partial charge in [0, 0.05) is 13.2 Å². The number of benzene rings is 1. The molecular formula is C13H16FNO3. The van der Waals surface area contributed by atoms with Crippen molar-refractivity contribution in [1.82, 2.24) is 5.32 Å². The van der Waals surface area contributed by atoms with Crippen molar-refractivity contribution in [3.05, 3.63) is 29.6 Å². The molecule has 1 aromatic carbocycles. The molecule has 1 aliphatic rings. The number of hydrogen-bond donors (Lipinski definition) is 2. The Hall–Kier alpha value is -1.62. The minimum Gasteiger partial charge on any atom is -0.504 e. The van der Waals surface area contributed by atoms with Gasteiger partial charge in [0.1, 0.15) is 0 Å². The Morgan fingerprint density at radius 3 is 3.11 bits per heavy atom. The van der Waals surface area contributed by atoms with Crippen molar-refractivity contribution in [2.75, 3.05) is 19.8 Å². The Bertz CT molecular complexity index is 430. The molecule has 1 saturated heterocycles. The maximum atomic E-state index is 13.1. The van der Waals surface area contributed by atoms with Crippen LogP contribution in [0.3, 0.4) is 0 Å². The number of hydrogen-bond acceptors (Lipinski definition) is 3. The molecule has 1 atom stereocenters. The Kier molecular flexibility index (Phi) is 4.15. The number of amides is 1. The van der Waals surface area contributed by atoms with Crippen LogP contribution in [0.5, 0.6) is 5.75 Å². The van der Waals surface area contributed by atoms with E-state index in [1.54, 1.807) is 0 Å². The fourth-order valence-electron chi connectivity index (χ4n) is 2.00. The van der Waals surface area contributed by atoms with Crippen LogP contribution in [-0.2, 0) is 4.74 Å². The lowest BCUT2D eigenvalue weighted by Crippen LogP contribution is -2.33. The smallest absolute Gasteiger partial charge is 0.255 e. The highest BCUT2D eigenvalue weighted by molar-refractivity contribution is 5.96. The van der Waals surface area contributed by atoms with Crippen LogP contribution in [0, 0.1) is 11.7 Å². The van der Waals surface area contributed by atoms with Crippen molar-refractivity contribution in [3.63, 3.8) is 0 Å². The van der Waals surface area contributed by atoms with Crippen LogP contribution in [0.15, 0.2) is 18.2 Å². The fraction of sp³-hybridized carbons (Fsp3) is 0.462. The monoisotopic (exact) mass is 253 g/mol. The number of carbonyl (C=O) groups is 1. The van der Waals surface area contributed by atoms with Crippen LogP contribution in [0.25, 0.3) is 0 Å². The summed E-state index contributed by atoms with van der Waals surface area (Å²) >= 11 is 0. The lowest BCUT2D eigenvalue weighted by atomic mass is 10.0. The van der Waals surface area contributed by atoms with Crippen molar-refractivity contribution in [1.29, 1.82) is 0 Å². The van der Waals surface area contributed by atoms with E-state index in [2.05, 4.69) is 5.32 Å². The lowest BCUT2D eigenvalue weighted by Gasteiger charge is -2.22. The van der Waals surface area contributed by atoms with E-state index in [0.29, 0.717) is 19.1 Å². The van der Waals surface area contributed by atoms with Gasteiger partial charge >= 0.3 is 0 Å². The molecule has 0 spiro atoms. The van der Waals surface area contributed by atoms with Crippen LogP contribution in [-0.4, -0.2) is 30.8 Å². The summed E-state index contributed by atoms with van der Waals surface area (Å²) in [5, 5.41) is 12.1. The highest BCUT2D eigenvalue weighted by Gasteiger charge is 2.17. The zero-order valence-corrected chi connectivity index (χ0v) is 9.99. The molecule has 4 nitrogen and oxygen atoms in total. The van der Waals surface area contributed by atoms with Crippen molar-refractivity contribution < 1.29 is 19.0 Å². The number of carbonyl (C=O) groups excluding carboxylic acids is 1. The number of para-hydroxylation sites is 1. The van der Waals surface area contributed by atoms with Crippen molar-refractivity contribution in [2.24, 2.45) is 5.92 Å². The number of ether oxygens (including phenoxy) is 1. The van der Waals surface area contributed by atoms with Gasteiger partial charge in [0.2, 0.25) is 0 Å². The van der Waals surface area contributed by atoms with E-state index in [4.69, 9.17) is 4.74 Å². The van der Waals surface area contributed by atoms with Gasteiger partial charge in [-0.25, -0.2) is 4.39 Å². The molecule has 0 bridgehead atoms. The highest BCUT2D eigenvalue weighted by atomic mass is 19.1. The summed E-state index contributed by atoms with van der Waals surface area (Å²) in [7, 11) is 0. The van der Waals surface area contributed by atoms with Crippen LogP contribution in [0.2, 0.25) is 0 Å². The van der Waals surface area contributed by atoms with Gasteiger partial charge in [0.05, 0.1) is 12.2 Å². The molecule has 18 heavy (non-hydrogen) atoms. The van der Waals surface area contributed by atoms with Gasteiger partial charge in [-0.2, -0.15) is 0 Å². The standard InChI is InChI=1S/C13H16FNO3/c14-11-5-1-4-10(12(11)16)13(17)15-7-9-3-2-6-18-8-9/h1,4-5,9,16H,2-3,6-8H2,(H,15,17)/t9-/m0/s1. The molecule has 2 rings (SSSR count). The summed E-state index contributed by atoms with van der Waals surface area (Å²) in [6.07, 6.45) is 2.00. The van der Waals surface area contributed by atoms with Crippen molar-refractivity contribution >= 4 is 5.91 Å². The van der Waals surface area contributed by atoms with Gasteiger partial charge in [0.15, 0.2) is 11.6 Å². The first kappa shape index (κ1) is 12.8. The Balaban J connectivity index is 1.93. The maximum Gasteiger partial charge on any atom is 0.255 e. The van der Waals surface area contributed by atoms with Crippen LogP contribution < -0.4 is 5.32 Å². The molecule has 0 saturated carbocycles. The summed E-state index contributed by atoms with van der Waals surface area (Å²) in [6, 6.07) is 3.90. The second-order valence-electron chi connectivity index (χ2n) is 4.43. The first-order valence-electron chi connectivity index (χ1n) is 6.02. The molecule has 0 radical (unpaired) electrons. The third-order valence-corrected chi connectivity index (χ3v) is 3.04. The van der Waals surface area contributed by atoms with Crippen LogP contribution >= 0.6 is 0 Å². The number of rotatable bonds is 3. The Morgan fingerprint density at radius 2 is 2.39 bits per heavy atom. The highest BCUT2D eigenvalue weighted by Crippen LogP contribution is 2.20. The summed E-state index contributed by atoms with van der Waals surface area (Å²) in [6.45, 7) is 1.89. The molecule has 1 amide bonds. The van der Waals surface area contributed by atoms with Gasteiger partial charge in [-0.3, -0.25) is 4.79 Å². The summed E-state index contributed by atoms with van der Waals surface area (Å²) in [5.41, 5.74) is -0.0354. The third kappa shape index (κ3) is 2.98. The topological polar surface area (TPSA) is 58.6 Å². The Labute approximate surface area is 105 Å². The van der Waals surface area contributed by atoms with Gasteiger partial charge < -0.3 is 15.2 Å². The molecule has 5 heteroatoms. The quantitative estimate of drug-likeness (QED) is 0.861. The van der Waals surface area contributed by atoms with Gasteiger partial charge in [0.25, 0.3) is 5.91 Å². The minimum atomic E-state index is -0.788. The van der Waals surface area contributed by atoms with E-state index in [1.165, 1.54) is 12.1 Å². The number of aromatic hydroxyl groups is 1. The van der Waals surface area contributed by atoms with Crippen molar-refractivity contribution in [2.45, 2.75) is 12.8 Å². The Morgan fingerprint density at radius 1 is 1.56 bits per heavy atom. The predicted molar refractivity (Wildman–Crippen MR) is 63.9 cm³/mol. The van der Waals surface area contributed by atoms with E-state index in [1.807, 2.05) is 0 Å². The second kappa shape index (κ2) is 5.82. The molecule has 98 valence electrons. The van der Waals surface area contributed by atoms with Crippen LogP contribution in [0.1, 0.15) is 23.2 Å². The first-order valence-corrected chi connectivity index (χ1v) is 6.02. The summed E-state index contributed by atoms with van der Waals surface area (Å²) in [4.78, 5) is 11.8. The third-order valence-electron chi connectivity index (χ3n) is 3.04. The van der Waals surface area contributed by atoms with E-state index in [-0.39, 0.29) is 5.56 Å². The predicted octanol–water partition coefficient (Wildman–Crippen LogP) is 1.69. The molecule has 2 N–H and O–H groups in total. The minimum absolute atomic E-state index is 0.0354. The first-order chi connectivity index (χ1) is 8.68. The van der Waals surface area contributed by atoms with Gasteiger partial charge in [-0.15, -0.1) is 0 Å². The fourth-order valence-corrected chi connectivity index (χ4v) is 2.00.